The number of carbonyl (C=O) groups is 1. The van der Waals surface area contributed by atoms with Crippen molar-refractivity contribution in [2.75, 3.05) is 13.1 Å². The van der Waals surface area contributed by atoms with Crippen LogP contribution in [0.4, 0.5) is 0 Å². The molecule has 1 aliphatic heterocycles. The van der Waals surface area contributed by atoms with Crippen LogP contribution in [-0.2, 0) is 11.9 Å². The van der Waals surface area contributed by atoms with E-state index >= 15 is 0 Å². The lowest BCUT2D eigenvalue weighted by Crippen LogP contribution is -2.35. The molecule has 0 atom stereocenters. The fourth-order valence-electron chi connectivity index (χ4n) is 5.13. The van der Waals surface area contributed by atoms with Crippen LogP contribution in [0.15, 0.2) is 88.3 Å². The third-order valence-corrected chi connectivity index (χ3v) is 7.64. The van der Waals surface area contributed by atoms with Crippen molar-refractivity contribution >= 4 is 43.8 Å². The summed E-state index contributed by atoms with van der Waals surface area (Å²) >= 11 is 3.55. The Hall–Kier alpha value is -3.75. The zero-order valence-electron chi connectivity index (χ0n) is 20.3. The van der Waals surface area contributed by atoms with Crippen molar-refractivity contribution in [2.45, 2.75) is 18.8 Å². The van der Waals surface area contributed by atoms with Crippen molar-refractivity contribution in [3.8, 4) is 5.69 Å². The third-order valence-electron chi connectivity index (χ3n) is 7.14. The molecule has 0 bridgehead atoms. The summed E-state index contributed by atoms with van der Waals surface area (Å²) in [4.78, 5) is 35.8. The molecule has 1 fully saturated rings. The molecule has 0 spiro atoms. The molecule has 2 aromatic heterocycles. The first-order chi connectivity index (χ1) is 18.0. The van der Waals surface area contributed by atoms with Crippen molar-refractivity contribution in [1.29, 1.82) is 0 Å². The van der Waals surface area contributed by atoms with Crippen LogP contribution in [-0.4, -0.2) is 38.2 Å². The number of aromatic nitrogens is 3. The molecule has 0 radical (unpaired) electrons. The molecule has 37 heavy (non-hydrogen) atoms. The van der Waals surface area contributed by atoms with Gasteiger partial charge < -0.3 is 4.84 Å². The monoisotopic (exact) mass is 556 g/mol. The average molecular weight is 557 g/mol. The highest BCUT2D eigenvalue weighted by Crippen LogP contribution is 2.31. The summed E-state index contributed by atoms with van der Waals surface area (Å²) in [6, 6.07) is 23.2. The van der Waals surface area contributed by atoms with Crippen molar-refractivity contribution in [1.82, 2.24) is 19.2 Å². The van der Waals surface area contributed by atoms with Gasteiger partial charge in [0.15, 0.2) is 0 Å². The second-order valence-corrected chi connectivity index (χ2v) is 10.3. The number of hydrogen-bond donors (Lipinski definition) is 0. The molecule has 0 saturated carbocycles. The maximum Gasteiger partial charge on any atom is 0.357 e. The lowest BCUT2D eigenvalue weighted by atomic mass is 9.90. The van der Waals surface area contributed by atoms with Gasteiger partial charge in [-0.15, -0.1) is 5.06 Å². The normalized spacial score (nSPS) is 14.9. The Morgan fingerprint density at radius 1 is 1.00 bits per heavy atom. The zero-order chi connectivity index (χ0) is 25.5. The fourth-order valence-corrected chi connectivity index (χ4v) is 5.49. The number of hydroxylamine groups is 2. The molecule has 5 aromatic rings. The van der Waals surface area contributed by atoms with E-state index in [9.17, 15) is 9.59 Å². The minimum Gasteiger partial charge on any atom is -0.364 e. The van der Waals surface area contributed by atoms with E-state index in [1.54, 1.807) is 39.6 Å². The first-order valence-corrected chi connectivity index (χ1v) is 13.1. The molecule has 8 heteroatoms. The van der Waals surface area contributed by atoms with Gasteiger partial charge in [-0.2, -0.15) is 0 Å². The lowest BCUT2D eigenvalue weighted by molar-refractivity contribution is -0.121. The van der Waals surface area contributed by atoms with E-state index in [2.05, 4.69) is 33.0 Å². The Bertz CT molecular complexity index is 1670. The van der Waals surface area contributed by atoms with Gasteiger partial charge in [0.25, 0.3) is 0 Å². The second-order valence-electron chi connectivity index (χ2n) is 9.37. The molecule has 0 aliphatic carbocycles. The highest BCUT2D eigenvalue weighted by molar-refractivity contribution is 9.10. The maximum absolute atomic E-state index is 13.3. The molecule has 3 heterocycles. The Morgan fingerprint density at radius 2 is 1.73 bits per heavy atom. The van der Waals surface area contributed by atoms with E-state index < -0.39 is 0 Å². The second kappa shape index (κ2) is 9.61. The molecular formula is C29H25BrN4O3. The topological polar surface area (TPSA) is 69.4 Å². The quantitative estimate of drug-likeness (QED) is 0.288. The Labute approximate surface area is 222 Å². The van der Waals surface area contributed by atoms with Crippen LogP contribution in [0.3, 0.4) is 0 Å². The number of carbonyl (C=O) groups excluding carboxylic acids is 1. The Kier molecular flexibility index (Phi) is 6.14. The van der Waals surface area contributed by atoms with Crippen LogP contribution in [0.1, 0.15) is 34.7 Å². The van der Waals surface area contributed by atoms with E-state index in [1.807, 2.05) is 48.5 Å². The molecule has 0 unspecified atom stereocenters. The molecule has 186 valence electrons. The van der Waals surface area contributed by atoms with Gasteiger partial charge in [0, 0.05) is 30.0 Å². The summed E-state index contributed by atoms with van der Waals surface area (Å²) in [6.45, 7) is 1.36. The molecule has 0 N–H and O–H groups in total. The summed E-state index contributed by atoms with van der Waals surface area (Å²) in [5, 5.41) is 2.68. The third kappa shape index (κ3) is 4.36. The van der Waals surface area contributed by atoms with Crippen LogP contribution >= 0.6 is 15.9 Å². The molecular weight excluding hydrogens is 532 g/mol. The largest absolute Gasteiger partial charge is 0.364 e. The molecule has 3 aromatic carbocycles. The van der Waals surface area contributed by atoms with Gasteiger partial charge in [0.05, 0.1) is 34.0 Å². The summed E-state index contributed by atoms with van der Waals surface area (Å²) < 4.78 is 4.35. The van der Waals surface area contributed by atoms with Crippen molar-refractivity contribution in [2.24, 2.45) is 7.05 Å². The summed E-state index contributed by atoms with van der Waals surface area (Å²) in [5.41, 5.74) is 4.97. The first kappa shape index (κ1) is 23.6. The highest BCUT2D eigenvalue weighted by atomic mass is 79.9. The number of piperidine rings is 1. The summed E-state index contributed by atoms with van der Waals surface area (Å²) in [6.07, 6.45) is 3.54. The fraction of sp³-hybridized carbons (Fsp3) is 0.207. The van der Waals surface area contributed by atoms with Crippen LogP contribution in [0.2, 0.25) is 0 Å². The van der Waals surface area contributed by atoms with Gasteiger partial charge in [0.1, 0.15) is 0 Å². The number of pyridine rings is 1. The minimum absolute atomic E-state index is 0.106. The van der Waals surface area contributed by atoms with Gasteiger partial charge in [-0.1, -0.05) is 46.3 Å². The van der Waals surface area contributed by atoms with Crippen LogP contribution in [0.25, 0.3) is 27.6 Å². The highest BCUT2D eigenvalue weighted by Gasteiger charge is 2.24. The van der Waals surface area contributed by atoms with Gasteiger partial charge in [-0.05, 0) is 66.8 Å². The Morgan fingerprint density at radius 3 is 2.46 bits per heavy atom. The van der Waals surface area contributed by atoms with Crippen molar-refractivity contribution in [3.63, 3.8) is 0 Å². The minimum atomic E-state index is -0.321. The SMILES string of the molecule is Cn1c(=O)n(-c2ccc(C3CCN(OC(=O)c4ccccc4)CC3)cc2)c2c3cc(Br)ccc3ncc21. The number of benzene rings is 3. The van der Waals surface area contributed by atoms with Crippen molar-refractivity contribution in [3.05, 3.63) is 105 Å². The summed E-state index contributed by atoms with van der Waals surface area (Å²) in [5.74, 6) is 0.0460. The first-order valence-electron chi connectivity index (χ1n) is 12.3. The number of aryl methyl sites for hydroxylation is 1. The maximum atomic E-state index is 13.3. The number of hydrogen-bond acceptors (Lipinski definition) is 5. The summed E-state index contributed by atoms with van der Waals surface area (Å²) in [7, 11) is 1.78. The molecule has 7 nitrogen and oxygen atoms in total. The zero-order valence-corrected chi connectivity index (χ0v) is 21.9. The molecule has 6 rings (SSSR count). The number of fused-ring (bicyclic) bond motifs is 3. The van der Waals surface area contributed by atoms with E-state index in [0.717, 1.165) is 44.9 Å². The van der Waals surface area contributed by atoms with E-state index in [4.69, 9.17) is 4.84 Å². The van der Waals surface area contributed by atoms with Gasteiger partial charge in [-0.3, -0.25) is 14.1 Å². The molecule has 1 saturated heterocycles. The molecule has 0 amide bonds. The predicted molar refractivity (Wildman–Crippen MR) is 147 cm³/mol. The van der Waals surface area contributed by atoms with E-state index in [0.29, 0.717) is 24.6 Å². The molecule has 1 aliphatic rings. The number of imidazole rings is 1. The van der Waals surface area contributed by atoms with Crippen molar-refractivity contribution < 1.29 is 9.63 Å². The lowest BCUT2D eigenvalue weighted by Gasteiger charge is -2.30. The Balaban J connectivity index is 1.23. The number of rotatable bonds is 4. The number of nitrogens with zero attached hydrogens (tertiary/aromatic N) is 4. The van der Waals surface area contributed by atoms with Gasteiger partial charge in [-0.25, -0.2) is 9.59 Å². The van der Waals surface area contributed by atoms with Gasteiger partial charge >= 0.3 is 11.7 Å². The van der Waals surface area contributed by atoms with Crippen LogP contribution in [0.5, 0.6) is 0 Å². The standard InChI is InChI=1S/C29H25BrN4O3/c1-32-26-18-31-25-12-9-22(30)17-24(25)27(26)34(29(32)36)23-10-7-19(8-11-23)20-13-15-33(16-14-20)37-28(35)21-5-3-2-4-6-21/h2-12,17-18,20H,13-16H2,1H3. The average Bonchev–Trinajstić information content (AvgIpc) is 3.19. The van der Waals surface area contributed by atoms with Crippen LogP contribution in [0, 0.1) is 0 Å². The van der Waals surface area contributed by atoms with E-state index in [1.165, 1.54) is 5.56 Å². The smallest absolute Gasteiger partial charge is 0.357 e. The van der Waals surface area contributed by atoms with E-state index in [-0.39, 0.29) is 11.7 Å². The number of halogens is 1. The predicted octanol–water partition coefficient (Wildman–Crippen LogP) is 5.59. The van der Waals surface area contributed by atoms with Gasteiger partial charge in [0.2, 0.25) is 0 Å². The van der Waals surface area contributed by atoms with Crippen LogP contribution < -0.4 is 5.69 Å².